The highest BCUT2D eigenvalue weighted by Gasteiger charge is 2.50. The van der Waals surface area contributed by atoms with E-state index in [0.29, 0.717) is 18.4 Å². The van der Waals surface area contributed by atoms with Gasteiger partial charge in [-0.15, -0.1) is 0 Å². The Morgan fingerprint density at radius 2 is 1.76 bits per heavy atom. The smallest absolute Gasteiger partial charge is 0.256 e. The van der Waals surface area contributed by atoms with E-state index in [4.69, 9.17) is 4.99 Å². The summed E-state index contributed by atoms with van der Waals surface area (Å²) >= 11 is 0. The summed E-state index contributed by atoms with van der Waals surface area (Å²) in [6, 6.07) is 12.3. The lowest BCUT2D eigenvalue weighted by molar-refractivity contribution is -0.131. The first-order valence-corrected chi connectivity index (χ1v) is 12.3. The monoisotopic (exact) mass is 442 g/mol. The van der Waals surface area contributed by atoms with Crippen LogP contribution in [-0.2, 0) is 9.59 Å². The standard InChI is InChI=1S/C27H30N4O2/c32-25(22-9-10-22)30-15-11-19(17-30)18-31-24(29-27(26(31)33)12-1-2-13-27)21-7-5-20(6-8-21)23-4-3-14-28-16-23/h3-8,14,16,19,22H,1-2,9-13,15,17-18H2/t19-/m1/s1. The van der Waals surface area contributed by atoms with Crippen LogP contribution >= 0.6 is 0 Å². The van der Waals surface area contributed by atoms with Crippen LogP contribution in [-0.4, -0.2) is 57.6 Å². The van der Waals surface area contributed by atoms with Crippen LogP contribution < -0.4 is 0 Å². The molecule has 0 unspecified atom stereocenters. The maximum atomic E-state index is 13.6. The predicted molar refractivity (Wildman–Crippen MR) is 127 cm³/mol. The molecule has 6 rings (SSSR count). The predicted octanol–water partition coefficient (Wildman–Crippen LogP) is 3.91. The van der Waals surface area contributed by atoms with Crippen LogP contribution in [0.3, 0.4) is 0 Å². The fourth-order valence-electron chi connectivity index (χ4n) is 5.71. The van der Waals surface area contributed by atoms with Crippen molar-refractivity contribution in [3.63, 3.8) is 0 Å². The Balaban J connectivity index is 1.25. The van der Waals surface area contributed by atoms with Gasteiger partial charge in [0.2, 0.25) is 5.91 Å². The highest BCUT2D eigenvalue weighted by atomic mass is 16.2. The van der Waals surface area contributed by atoms with E-state index in [1.807, 2.05) is 28.1 Å². The van der Waals surface area contributed by atoms with Crippen molar-refractivity contribution in [1.82, 2.24) is 14.8 Å². The van der Waals surface area contributed by atoms with Crippen molar-refractivity contribution in [3.05, 3.63) is 54.4 Å². The van der Waals surface area contributed by atoms with Crippen molar-refractivity contribution < 1.29 is 9.59 Å². The summed E-state index contributed by atoms with van der Waals surface area (Å²) in [7, 11) is 0. The van der Waals surface area contributed by atoms with Crippen LogP contribution in [0.1, 0.15) is 50.5 Å². The molecule has 1 saturated heterocycles. The number of carbonyl (C=O) groups is 2. The maximum absolute atomic E-state index is 13.6. The zero-order chi connectivity index (χ0) is 22.4. The van der Waals surface area contributed by atoms with Gasteiger partial charge in [-0.1, -0.05) is 43.2 Å². The summed E-state index contributed by atoms with van der Waals surface area (Å²) in [5.74, 6) is 1.87. The zero-order valence-electron chi connectivity index (χ0n) is 18.9. The van der Waals surface area contributed by atoms with Crippen LogP contribution in [0.4, 0.5) is 0 Å². The van der Waals surface area contributed by atoms with Crippen LogP contribution in [0, 0.1) is 11.8 Å². The summed E-state index contributed by atoms with van der Waals surface area (Å²) in [4.78, 5) is 39.4. The molecule has 2 aliphatic heterocycles. The van der Waals surface area contributed by atoms with Crippen LogP contribution in [0.25, 0.3) is 11.1 Å². The Morgan fingerprint density at radius 3 is 2.45 bits per heavy atom. The molecule has 1 spiro atoms. The summed E-state index contributed by atoms with van der Waals surface area (Å²) in [5.41, 5.74) is 2.59. The number of nitrogens with zero attached hydrogens (tertiary/aromatic N) is 4. The second-order valence-electron chi connectivity index (χ2n) is 10.1. The third kappa shape index (κ3) is 3.75. The molecule has 3 heterocycles. The number of benzene rings is 1. The molecule has 6 heteroatoms. The summed E-state index contributed by atoms with van der Waals surface area (Å²) in [6.45, 7) is 2.23. The molecular weight excluding hydrogens is 412 g/mol. The number of rotatable bonds is 5. The van der Waals surface area contributed by atoms with Crippen LogP contribution in [0.15, 0.2) is 53.8 Å². The van der Waals surface area contributed by atoms with Gasteiger partial charge in [0.05, 0.1) is 0 Å². The lowest BCUT2D eigenvalue weighted by Crippen LogP contribution is -2.44. The quantitative estimate of drug-likeness (QED) is 0.705. The van der Waals surface area contributed by atoms with Gasteiger partial charge in [-0.3, -0.25) is 24.5 Å². The Bertz CT molecular complexity index is 1080. The molecule has 0 N–H and O–H groups in total. The minimum atomic E-state index is -0.570. The van der Waals surface area contributed by atoms with Crippen LogP contribution in [0.2, 0.25) is 0 Å². The van der Waals surface area contributed by atoms with Gasteiger partial charge < -0.3 is 4.90 Å². The molecule has 1 aromatic carbocycles. The fourth-order valence-corrected chi connectivity index (χ4v) is 5.71. The number of pyridine rings is 1. The average molecular weight is 443 g/mol. The van der Waals surface area contributed by atoms with Gasteiger partial charge in [0, 0.05) is 43.5 Å². The number of hydrogen-bond donors (Lipinski definition) is 0. The maximum Gasteiger partial charge on any atom is 0.256 e. The minimum absolute atomic E-state index is 0.165. The molecule has 3 fully saturated rings. The number of amidine groups is 1. The first-order valence-electron chi connectivity index (χ1n) is 12.3. The first-order chi connectivity index (χ1) is 16.1. The van der Waals surface area contributed by atoms with Crippen molar-refractivity contribution in [2.75, 3.05) is 19.6 Å². The topological polar surface area (TPSA) is 65.9 Å². The van der Waals surface area contributed by atoms with Gasteiger partial charge in [0.1, 0.15) is 11.4 Å². The molecule has 2 amide bonds. The van der Waals surface area contributed by atoms with Crippen LogP contribution in [0.5, 0.6) is 0 Å². The van der Waals surface area contributed by atoms with Crippen molar-refractivity contribution in [1.29, 1.82) is 0 Å². The minimum Gasteiger partial charge on any atom is -0.342 e. The molecule has 0 bridgehead atoms. The zero-order valence-corrected chi connectivity index (χ0v) is 18.9. The number of carbonyl (C=O) groups excluding carboxylic acids is 2. The molecule has 6 nitrogen and oxygen atoms in total. The van der Waals surface area contributed by atoms with Crippen molar-refractivity contribution in [2.24, 2.45) is 16.8 Å². The number of amides is 2. The second kappa shape index (κ2) is 8.08. The van der Waals surface area contributed by atoms with Crippen molar-refractivity contribution >= 4 is 17.6 Å². The third-order valence-corrected chi connectivity index (χ3v) is 7.75. The van der Waals surface area contributed by atoms with Gasteiger partial charge in [-0.25, -0.2) is 0 Å². The summed E-state index contributed by atoms with van der Waals surface area (Å²) in [5, 5.41) is 0. The molecule has 2 saturated carbocycles. The van der Waals surface area contributed by atoms with Crippen molar-refractivity contribution in [3.8, 4) is 11.1 Å². The molecule has 1 aromatic heterocycles. The van der Waals surface area contributed by atoms with E-state index in [9.17, 15) is 9.59 Å². The number of aromatic nitrogens is 1. The second-order valence-corrected chi connectivity index (χ2v) is 10.1. The normalized spacial score (nSPS) is 24.1. The summed E-state index contributed by atoms with van der Waals surface area (Å²) in [6.07, 6.45) is 10.5. The Morgan fingerprint density at radius 1 is 1.00 bits per heavy atom. The van der Waals surface area contributed by atoms with E-state index >= 15 is 0 Å². The molecule has 4 aliphatic rings. The van der Waals surface area contributed by atoms with Gasteiger partial charge in [0.25, 0.3) is 5.91 Å². The molecule has 170 valence electrons. The molecule has 1 atom stereocenters. The van der Waals surface area contributed by atoms with E-state index in [2.05, 4.69) is 29.2 Å². The Labute approximate surface area is 194 Å². The Hall–Kier alpha value is -3.02. The molecule has 2 aromatic rings. The Kier molecular flexibility index (Phi) is 5.04. The van der Waals surface area contributed by atoms with Gasteiger partial charge in [-0.2, -0.15) is 0 Å². The number of hydrogen-bond acceptors (Lipinski definition) is 4. The fraction of sp³-hybridized carbons (Fsp3) is 0.481. The van der Waals surface area contributed by atoms with Gasteiger partial charge in [-0.05, 0) is 55.2 Å². The van der Waals surface area contributed by atoms with E-state index in [1.165, 1.54) is 0 Å². The SMILES string of the molecule is O=C(C1CC1)N1CC[C@@H](CN2C(=O)C3(CCCC3)N=C2c2ccc(-c3cccnc3)cc2)C1. The average Bonchev–Trinajstić information content (AvgIpc) is 3.31. The molecule has 2 aliphatic carbocycles. The summed E-state index contributed by atoms with van der Waals surface area (Å²) < 4.78 is 0. The number of likely N-dealkylation sites (tertiary alicyclic amines) is 1. The first kappa shape index (κ1) is 20.6. The number of aliphatic imine (C=N–C) groups is 1. The van der Waals surface area contributed by atoms with Crippen molar-refractivity contribution in [2.45, 2.75) is 50.5 Å². The van der Waals surface area contributed by atoms with E-state index < -0.39 is 5.54 Å². The molecular formula is C27H30N4O2. The van der Waals surface area contributed by atoms with E-state index in [0.717, 1.165) is 80.6 Å². The lowest BCUT2D eigenvalue weighted by atomic mass is 9.97. The molecule has 0 radical (unpaired) electrons. The molecule has 33 heavy (non-hydrogen) atoms. The van der Waals surface area contributed by atoms with Gasteiger partial charge >= 0.3 is 0 Å². The van der Waals surface area contributed by atoms with E-state index in [-0.39, 0.29) is 11.8 Å². The highest BCUT2D eigenvalue weighted by Crippen LogP contribution is 2.41. The lowest BCUT2D eigenvalue weighted by Gasteiger charge is -2.25. The van der Waals surface area contributed by atoms with E-state index in [1.54, 1.807) is 6.20 Å². The van der Waals surface area contributed by atoms with Gasteiger partial charge in [0.15, 0.2) is 0 Å². The third-order valence-electron chi connectivity index (χ3n) is 7.75. The largest absolute Gasteiger partial charge is 0.342 e. The highest BCUT2D eigenvalue weighted by molar-refractivity contribution is 6.15.